The lowest BCUT2D eigenvalue weighted by molar-refractivity contribution is -0.121. The van der Waals surface area contributed by atoms with E-state index in [2.05, 4.69) is 20.4 Å². The lowest BCUT2D eigenvalue weighted by atomic mass is 10.1. The number of aryl methyl sites for hydroxylation is 2. The molecular weight excluding hydrogens is 396 g/mol. The zero-order valence-corrected chi connectivity index (χ0v) is 18.1. The van der Waals surface area contributed by atoms with E-state index >= 15 is 0 Å². The Kier molecular flexibility index (Phi) is 7.98. The zero-order valence-electron chi connectivity index (χ0n) is 18.1. The minimum atomic E-state index is -0.161. The van der Waals surface area contributed by atoms with Gasteiger partial charge in [-0.2, -0.15) is 4.98 Å². The summed E-state index contributed by atoms with van der Waals surface area (Å²) in [4.78, 5) is 20.6. The molecule has 2 heterocycles. The van der Waals surface area contributed by atoms with Gasteiger partial charge in [-0.1, -0.05) is 18.1 Å². The molecule has 1 unspecified atom stereocenters. The van der Waals surface area contributed by atoms with Gasteiger partial charge in [-0.15, -0.1) is 0 Å². The number of rotatable bonds is 11. The average molecular weight is 425 g/mol. The first-order chi connectivity index (χ1) is 15.1. The largest absolute Gasteiger partial charge is 0.493 e. The summed E-state index contributed by atoms with van der Waals surface area (Å²) in [6.45, 7) is 4.33. The average Bonchev–Trinajstić information content (AvgIpc) is 3.26. The van der Waals surface area contributed by atoms with Crippen LogP contribution in [0.4, 0.5) is 0 Å². The Bertz CT molecular complexity index is 975. The highest BCUT2D eigenvalue weighted by molar-refractivity contribution is 5.76. The van der Waals surface area contributed by atoms with E-state index in [9.17, 15) is 4.79 Å². The second-order valence-electron chi connectivity index (χ2n) is 7.16. The van der Waals surface area contributed by atoms with E-state index in [-0.39, 0.29) is 11.9 Å². The first kappa shape index (κ1) is 22.3. The second-order valence-corrected chi connectivity index (χ2v) is 7.16. The van der Waals surface area contributed by atoms with Crippen molar-refractivity contribution in [2.24, 2.45) is 0 Å². The molecule has 0 saturated heterocycles. The Morgan fingerprint density at radius 3 is 2.71 bits per heavy atom. The molecule has 164 valence electrons. The zero-order chi connectivity index (χ0) is 22.1. The fourth-order valence-corrected chi connectivity index (χ4v) is 3.05. The number of aromatic nitrogens is 3. The second kappa shape index (κ2) is 11.1. The molecular formula is C23H28N4O4. The number of ether oxygens (including phenoxy) is 2. The number of nitrogens with zero attached hydrogens (tertiary/aromatic N) is 3. The number of hydrogen-bond acceptors (Lipinski definition) is 7. The van der Waals surface area contributed by atoms with Crippen molar-refractivity contribution in [1.82, 2.24) is 20.4 Å². The van der Waals surface area contributed by atoms with Crippen LogP contribution in [0.5, 0.6) is 11.5 Å². The van der Waals surface area contributed by atoms with Crippen LogP contribution in [0.2, 0.25) is 0 Å². The Balaban J connectivity index is 1.50. The van der Waals surface area contributed by atoms with Gasteiger partial charge in [0.25, 0.3) is 0 Å². The van der Waals surface area contributed by atoms with E-state index in [1.807, 2.05) is 44.2 Å². The van der Waals surface area contributed by atoms with E-state index in [1.165, 1.54) is 0 Å². The molecule has 1 atom stereocenters. The molecule has 0 aliphatic rings. The molecule has 0 radical (unpaired) electrons. The standard InChI is InChI=1S/C23H28N4O4/c1-4-21-26-23(31-27-21)7-5-6-22(28)25-16(2)18-8-9-19(20(14-18)29-3)30-15-17-10-12-24-13-11-17/h8-14,16H,4-7,15H2,1-3H3,(H,25,28). The summed E-state index contributed by atoms with van der Waals surface area (Å²) in [5.41, 5.74) is 1.96. The van der Waals surface area contributed by atoms with Crippen LogP contribution in [0.3, 0.4) is 0 Å². The first-order valence-electron chi connectivity index (χ1n) is 10.4. The number of carbonyl (C=O) groups is 1. The Morgan fingerprint density at radius 2 is 2.00 bits per heavy atom. The molecule has 31 heavy (non-hydrogen) atoms. The Morgan fingerprint density at radius 1 is 1.19 bits per heavy atom. The summed E-state index contributed by atoms with van der Waals surface area (Å²) in [6, 6.07) is 9.32. The fourth-order valence-electron chi connectivity index (χ4n) is 3.05. The van der Waals surface area contributed by atoms with E-state index in [1.54, 1.807) is 19.5 Å². The summed E-state index contributed by atoms with van der Waals surface area (Å²) in [7, 11) is 1.60. The minimum Gasteiger partial charge on any atom is -0.493 e. The van der Waals surface area contributed by atoms with Crippen molar-refractivity contribution >= 4 is 5.91 Å². The normalized spacial score (nSPS) is 11.7. The molecule has 0 aliphatic heterocycles. The summed E-state index contributed by atoms with van der Waals surface area (Å²) in [5.74, 6) is 2.50. The van der Waals surface area contributed by atoms with Crippen molar-refractivity contribution < 1.29 is 18.8 Å². The summed E-state index contributed by atoms with van der Waals surface area (Å²) in [5, 5.41) is 6.88. The van der Waals surface area contributed by atoms with Gasteiger partial charge in [0, 0.05) is 31.7 Å². The Hall–Kier alpha value is -3.42. The monoisotopic (exact) mass is 424 g/mol. The van der Waals surface area contributed by atoms with E-state index in [4.69, 9.17) is 14.0 Å². The predicted molar refractivity (Wildman–Crippen MR) is 115 cm³/mol. The smallest absolute Gasteiger partial charge is 0.226 e. The summed E-state index contributed by atoms with van der Waals surface area (Å²) < 4.78 is 16.5. The number of hydrogen-bond donors (Lipinski definition) is 1. The molecule has 1 aromatic carbocycles. The van der Waals surface area contributed by atoms with Crippen molar-refractivity contribution in [3.8, 4) is 11.5 Å². The minimum absolute atomic E-state index is 0.0280. The lowest BCUT2D eigenvalue weighted by Gasteiger charge is -2.17. The quantitative estimate of drug-likeness (QED) is 0.499. The van der Waals surface area contributed by atoms with Gasteiger partial charge in [-0.3, -0.25) is 9.78 Å². The van der Waals surface area contributed by atoms with Gasteiger partial charge >= 0.3 is 0 Å². The van der Waals surface area contributed by atoms with Gasteiger partial charge in [0.15, 0.2) is 17.3 Å². The maximum atomic E-state index is 12.3. The van der Waals surface area contributed by atoms with Crippen molar-refractivity contribution in [2.75, 3.05) is 7.11 Å². The fraction of sp³-hybridized carbons (Fsp3) is 0.391. The molecule has 0 bridgehead atoms. The van der Waals surface area contributed by atoms with Crippen LogP contribution in [0.25, 0.3) is 0 Å². The molecule has 8 nitrogen and oxygen atoms in total. The van der Waals surface area contributed by atoms with Gasteiger partial charge in [-0.25, -0.2) is 0 Å². The van der Waals surface area contributed by atoms with Gasteiger partial charge in [0.2, 0.25) is 11.8 Å². The van der Waals surface area contributed by atoms with Gasteiger partial charge < -0.3 is 19.3 Å². The van der Waals surface area contributed by atoms with Crippen molar-refractivity contribution in [2.45, 2.75) is 52.2 Å². The van der Waals surface area contributed by atoms with Crippen molar-refractivity contribution in [1.29, 1.82) is 0 Å². The Labute approximate surface area is 182 Å². The highest BCUT2D eigenvalue weighted by Crippen LogP contribution is 2.31. The number of carbonyl (C=O) groups excluding carboxylic acids is 1. The van der Waals surface area contributed by atoms with Gasteiger partial charge in [-0.05, 0) is 48.7 Å². The van der Waals surface area contributed by atoms with Gasteiger partial charge in [0.1, 0.15) is 6.61 Å². The molecule has 0 aliphatic carbocycles. The van der Waals surface area contributed by atoms with Crippen molar-refractivity contribution in [3.63, 3.8) is 0 Å². The van der Waals surface area contributed by atoms with Crippen LogP contribution in [0, 0.1) is 0 Å². The van der Waals surface area contributed by atoms with E-state index < -0.39 is 0 Å². The maximum absolute atomic E-state index is 12.3. The third-order valence-electron chi connectivity index (χ3n) is 4.83. The number of amides is 1. The van der Waals surface area contributed by atoms with Crippen LogP contribution in [-0.2, 0) is 24.2 Å². The van der Waals surface area contributed by atoms with Crippen LogP contribution in [-0.4, -0.2) is 28.1 Å². The number of nitrogens with one attached hydrogen (secondary N) is 1. The van der Waals surface area contributed by atoms with Crippen LogP contribution in [0.1, 0.15) is 55.6 Å². The number of benzene rings is 1. The lowest BCUT2D eigenvalue weighted by Crippen LogP contribution is -2.26. The van der Waals surface area contributed by atoms with E-state index in [0.717, 1.165) is 17.5 Å². The first-order valence-corrected chi connectivity index (χ1v) is 10.4. The highest BCUT2D eigenvalue weighted by Gasteiger charge is 2.14. The molecule has 3 aromatic rings. The van der Waals surface area contributed by atoms with E-state index in [0.29, 0.717) is 49.1 Å². The molecule has 2 aromatic heterocycles. The van der Waals surface area contributed by atoms with Crippen molar-refractivity contribution in [3.05, 3.63) is 65.6 Å². The van der Waals surface area contributed by atoms with Crippen LogP contribution < -0.4 is 14.8 Å². The topological polar surface area (TPSA) is 99.4 Å². The third-order valence-corrected chi connectivity index (χ3v) is 4.83. The molecule has 8 heteroatoms. The molecule has 0 spiro atoms. The number of methoxy groups -OCH3 is 1. The summed E-state index contributed by atoms with van der Waals surface area (Å²) >= 11 is 0. The molecule has 1 N–H and O–H groups in total. The molecule has 0 saturated carbocycles. The predicted octanol–water partition coefficient (Wildman–Crippen LogP) is 3.81. The van der Waals surface area contributed by atoms with Crippen LogP contribution >= 0.6 is 0 Å². The maximum Gasteiger partial charge on any atom is 0.226 e. The SMILES string of the molecule is CCc1noc(CCCC(=O)NC(C)c2ccc(OCc3ccncc3)c(OC)c2)n1. The van der Waals surface area contributed by atoms with Gasteiger partial charge in [0.05, 0.1) is 13.2 Å². The highest BCUT2D eigenvalue weighted by atomic mass is 16.5. The molecule has 3 rings (SSSR count). The number of pyridine rings is 1. The molecule has 1 amide bonds. The third kappa shape index (κ3) is 6.53. The van der Waals surface area contributed by atoms with Crippen LogP contribution in [0.15, 0.2) is 47.2 Å². The molecule has 0 fully saturated rings. The summed E-state index contributed by atoms with van der Waals surface area (Å²) in [6.07, 6.45) is 5.82.